The topological polar surface area (TPSA) is 26.3 Å². The van der Waals surface area contributed by atoms with E-state index in [-0.39, 0.29) is 5.97 Å². The van der Waals surface area contributed by atoms with Gasteiger partial charge in [0.05, 0.1) is 6.26 Å². The molecule has 2 heteroatoms. The van der Waals surface area contributed by atoms with Gasteiger partial charge in [0.1, 0.15) is 0 Å². The Morgan fingerprint density at radius 3 is 2.69 bits per heavy atom. The molecule has 0 aliphatic heterocycles. The van der Waals surface area contributed by atoms with Crippen molar-refractivity contribution in [3.8, 4) is 0 Å². The van der Waals surface area contributed by atoms with Crippen molar-refractivity contribution in [1.29, 1.82) is 0 Å². The molecule has 1 saturated carbocycles. The van der Waals surface area contributed by atoms with Gasteiger partial charge >= 0.3 is 5.97 Å². The third kappa shape index (κ3) is 2.11. The minimum absolute atomic E-state index is 0.329. The highest BCUT2D eigenvalue weighted by Crippen LogP contribution is 2.52. The molecule has 0 spiro atoms. The van der Waals surface area contributed by atoms with Crippen LogP contribution in [0.15, 0.2) is 37.1 Å². The van der Waals surface area contributed by atoms with Gasteiger partial charge in [-0.25, -0.2) is 0 Å². The number of esters is 1. The molecule has 0 aromatic heterocycles. The van der Waals surface area contributed by atoms with E-state index < -0.39 is 0 Å². The summed E-state index contributed by atoms with van der Waals surface area (Å²) in [6.07, 6.45) is 13.6. The molecule has 3 aliphatic rings. The zero-order valence-corrected chi connectivity index (χ0v) is 9.63. The molecule has 0 N–H and O–H groups in total. The van der Waals surface area contributed by atoms with Crippen LogP contribution in [0.4, 0.5) is 0 Å². The Morgan fingerprint density at radius 2 is 2.12 bits per heavy atom. The molecule has 0 heterocycles. The lowest BCUT2D eigenvalue weighted by Gasteiger charge is -2.18. The average Bonchev–Trinajstić information content (AvgIpc) is 2.92. The minimum Gasteiger partial charge on any atom is -0.435 e. The zero-order chi connectivity index (χ0) is 11.5. The highest BCUT2D eigenvalue weighted by atomic mass is 16.5. The van der Waals surface area contributed by atoms with Crippen LogP contribution in [0.1, 0.15) is 19.8 Å². The Kier molecular flexibility index (Phi) is 3.28. The smallest absolute Gasteiger partial charge is 0.307 e. The number of carbonyl (C=O) groups excluding carboxylic acids is 1. The van der Waals surface area contributed by atoms with Gasteiger partial charge in [0.25, 0.3) is 0 Å². The standard InChI is InChI=1S/C10H12.C4H6O2/c1-2-9-7-4-5-8(6-7)10(9)3-1;1-3-6-4(2)5/h1-2,4-5,7-10H,3,6H2;3H,1H2,2H3. The van der Waals surface area contributed by atoms with Gasteiger partial charge in [0.15, 0.2) is 0 Å². The maximum atomic E-state index is 9.75. The van der Waals surface area contributed by atoms with E-state index in [1.807, 2.05) is 0 Å². The monoisotopic (exact) mass is 218 g/mol. The first kappa shape index (κ1) is 11.2. The first-order chi connectivity index (χ1) is 7.72. The van der Waals surface area contributed by atoms with Gasteiger partial charge in [0.2, 0.25) is 0 Å². The predicted octanol–water partition coefficient (Wildman–Crippen LogP) is 3.08. The summed E-state index contributed by atoms with van der Waals surface area (Å²) in [5.74, 6) is 3.49. The number of ether oxygens (including phenoxy) is 1. The van der Waals surface area contributed by atoms with Crippen molar-refractivity contribution in [3.05, 3.63) is 37.1 Å². The fourth-order valence-electron chi connectivity index (χ4n) is 3.09. The van der Waals surface area contributed by atoms with E-state index in [0.29, 0.717) is 0 Å². The van der Waals surface area contributed by atoms with Gasteiger partial charge in [-0.3, -0.25) is 4.79 Å². The van der Waals surface area contributed by atoms with Crippen LogP contribution in [0.25, 0.3) is 0 Å². The van der Waals surface area contributed by atoms with E-state index in [2.05, 4.69) is 35.6 Å². The van der Waals surface area contributed by atoms with Crippen LogP contribution in [-0.2, 0) is 9.53 Å². The predicted molar refractivity (Wildman–Crippen MR) is 63.4 cm³/mol. The fourth-order valence-corrected chi connectivity index (χ4v) is 3.09. The number of carbonyl (C=O) groups is 1. The molecule has 4 atom stereocenters. The van der Waals surface area contributed by atoms with Crippen molar-refractivity contribution in [2.24, 2.45) is 23.7 Å². The van der Waals surface area contributed by atoms with E-state index in [9.17, 15) is 4.79 Å². The molecule has 0 amide bonds. The molecule has 2 bridgehead atoms. The lowest BCUT2D eigenvalue weighted by atomic mass is 9.86. The van der Waals surface area contributed by atoms with Crippen LogP contribution in [0, 0.1) is 23.7 Å². The molecular weight excluding hydrogens is 200 g/mol. The van der Waals surface area contributed by atoms with E-state index in [0.717, 1.165) is 29.9 Å². The number of allylic oxidation sites excluding steroid dienone is 4. The van der Waals surface area contributed by atoms with Crippen LogP contribution in [-0.4, -0.2) is 5.97 Å². The number of hydrogen-bond donors (Lipinski definition) is 0. The molecule has 86 valence electrons. The number of fused-ring (bicyclic) bond motifs is 5. The van der Waals surface area contributed by atoms with Crippen molar-refractivity contribution >= 4 is 5.97 Å². The number of rotatable bonds is 1. The van der Waals surface area contributed by atoms with Gasteiger partial charge in [-0.1, -0.05) is 30.9 Å². The number of hydrogen-bond acceptors (Lipinski definition) is 2. The van der Waals surface area contributed by atoms with Gasteiger partial charge in [0, 0.05) is 6.92 Å². The molecule has 0 aromatic rings. The Bertz CT molecular complexity index is 341. The van der Waals surface area contributed by atoms with Gasteiger partial charge < -0.3 is 4.74 Å². The molecule has 4 unspecified atom stereocenters. The largest absolute Gasteiger partial charge is 0.435 e. The fraction of sp³-hybridized carbons (Fsp3) is 0.500. The third-order valence-corrected chi connectivity index (χ3v) is 3.70. The van der Waals surface area contributed by atoms with E-state index in [1.54, 1.807) is 0 Å². The quantitative estimate of drug-likeness (QED) is 0.384. The average molecular weight is 218 g/mol. The summed E-state index contributed by atoms with van der Waals surface area (Å²) in [4.78, 5) is 9.75. The molecular formula is C14H18O2. The maximum absolute atomic E-state index is 9.75. The van der Waals surface area contributed by atoms with Crippen LogP contribution in [0.5, 0.6) is 0 Å². The SMILES string of the molecule is C1=CC2C3C=CC(C3)C2C1.C=COC(C)=O. The summed E-state index contributed by atoms with van der Waals surface area (Å²) in [5, 5.41) is 0. The van der Waals surface area contributed by atoms with Crippen molar-refractivity contribution in [1.82, 2.24) is 0 Å². The second-order valence-electron chi connectivity index (χ2n) is 4.63. The molecule has 3 rings (SSSR count). The highest BCUT2D eigenvalue weighted by molar-refractivity contribution is 5.66. The van der Waals surface area contributed by atoms with Gasteiger partial charge in [-0.15, -0.1) is 0 Å². The molecule has 3 aliphatic carbocycles. The Morgan fingerprint density at radius 1 is 1.38 bits per heavy atom. The lowest BCUT2D eigenvalue weighted by molar-refractivity contribution is -0.135. The maximum Gasteiger partial charge on any atom is 0.307 e. The first-order valence-corrected chi connectivity index (χ1v) is 5.85. The highest BCUT2D eigenvalue weighted by Gasteiger charge is 2.44. The second-order valence-corrected chi connectivity index (χ2v) is 4.63. The molecule has 16 heavy (non-hydrogen) atoms. The van der Waals surface area contributed by atoms with E-state index in [1.165, 1.54) is 19.8 Å². The molecule has 0 aromatic carbocycles. The van der Waals surface area contributed by atoms with Gasteiger partial charge in [-0.05, 0) is 36.5 Å². The van der Waals surface area contributed by atoms with Crippen molar-refractivity contribution < 1.29 is 9.53 Å². The van der Waals surface area contributed by atoms with Crippen molar-refractivity contribution in [2.45, 2.75) is 19.8 Å². The third-order valence-electron chi connectivity index (χ3n) is 3.70. The van der Waals surface area contributed by atoms with Crippen molar-refractivity contribution in [3.63, 3.8) is 0 Å². The van der Waals surface area contributed by atoms with Crippen LogP contribution >= 0.6 is 0 Å². The van der Waals surface area contributed by atoms with E-state index in [4.69, 9.17) is 0 Å². The van der Waals surface area contributed by atoms with Crippen LogP contribution in [0.3, 0.4) is 0 Å². The lowest BCUT2D eigenvalue weighted by Crippen LogP contribution is -2.12. The zero-order valence-electron chi connectivity index (χ0n) is 9.63. The summed E-state index contributed by atoms with van der Waals surface area (Å²) in [6, 6.07) is 0. The minimum atomic E-state index is -0.329. The van der Waals surface area contributed by atoms with Crippen molar-refractivity contribution in [2.75, 3.05) is 0 Å². The van der Waals surface area contributed by atoms with Crippen LogP contribution in [0.2, 0.25) is 0 Å². The summed E-state index contributed by atoms with van der Waals surface area (Å²) >= 11 is 0. The molecule has 1 fully saturated rings. The Balaban J connectivity index is 0.000000142. The molecule has 2 nitrogen and oxygen atoms in total. The van der Waals surface area contributed by atoms with E-state index >= 15 is 0 Å². The summed E-state index contributed by atoms with van der Waals surface area (Å²) < 4.78 is 4.17. The van der Waals surface area contributed by atoms with Crippen LogP contribution < -0.4 is 0 Å². The summed E-state index contributed by atoms with van der Waals surface area (Å²) in [5.41, 5.74) is 0. The van der Waals surface area contributed by atoms with Gasteiger partial charge in [-0.2, -0.15) is 0 Å². The molecule has 0 radical (unpaired) electrons. The summed E-state index contributed by atoms with van der Waals surface area (Å²) in [7, 11) is 0. The first-order valence-electron chi connectivity index (χ1n) is 5.85. The Labute approximate surface area is 96.7 Å². The second kappa shape index (κ2) is 4.69. The summed E-state index contributed by atoms with van der Waals surface area (Å²) in [6.45, 7) is 4.48. The Hall–Kier alpha value is -1.31. The normalized spacial score (nSPS) is 36.6. The molecule has 0 saturated heterocycles.